The molecular formula is C40H36F6O4. The van der Waals surface area contributed by atoms with Crippen molar-refractivity contribution >= 4 is 0 Å². The van der Waals surface area contributed by atoms with Gasteiger partial charge in [0.15, 0.2) is 0 Å². The zero-order chi connectivity index (χ0) is 36.2. The third-order valence-electron chi connectivity index (χ3n) is 8.89. The van der Waals surface area contributed by atoms with Gasteiger partial charge in [0.25, 0.3) is 0 Å². The van der Waals surface area contributed by atoms with Crippen LogP contribution >= 0.6 is 0 Å². The maximum atomic E-state index is 15.4. The summed E-state index contributed by atoms with van der Waals surface area (Å²) in [6, 6.07) is 29.3. The van der Waals surface area contributed by atoms with E-state index in [0.29, 0.717) is 29.4 Å². The summed E-state index contributed by atoms with van der Waals surface area (Å²) >= 11 is 0. The molecule has 4 nitrogen and oxygen atoms in total. The van der Waals surface area contributed by atoms with Gasteiger partial charge in [-0.25, -0.2) is 0 Å². The van der Waals surface area contributed by atoms with Gasteiger partial charge in [-0.05, 0) is 88.5 Å². The molecule has 0 fully saturated rings. The van der Waals surface area contributed by atoms with Crippen LogP contribution in [0.2, 0.25) is 0 Å². The third-order valence-corrected chi connectivity index (χ3v) is 8.89. The van der Waals surface area contributed by atoms with E-state index in [1.807, 2.05) is 48.5 Å². The molecule has 0 saturated carbocycles. The molecule has 0 aliphatic carbocycles. The lowest BCUT2D eigenvalue weighted by molar-refractivity contribution is -0.166. The molecule has 5 aromatic rings. The first kappa shape index (κ1) is 36.2. The average molecular weight is 695 g/mol. The monoisotopic (exact) mass is 694 g/mol. The number of hydrogen-bond donors (Lipinski definition) is 0. The molecule has 1 atom stereocenters. The van der Waals surface area contributed by atoms with Crippen LogP contribution in [0.5, 0.6) is 23.0 Å². The number of benzene rings is 5. The second-order valence-corrected chi connectivity index (χ2v) is 12.2. The minimum Gasteiger partial charge on any atom is -0.497 e. The van der Waals surface area contributed by atoms with Crippen LogP contribution in [0.15, 0.2) is 121 Å². The second-order valence-electron chi connectivity index (χ2n) is 12.2. The summed E-state index contributed by atoms with van der Waals surface area (Å²) in [7, 11) is 3.01. The van der Waals surface area contributed by atoms with Gasteiger partial charge < -0.3 is 18.9 Å². The van der Waals surface area contributed by atoms with Gasteiger partial charge in [-0.15, -0.1) is 0 Å². The summed E-state index contributed by atoms with van der Waals surface area (Å²) in [5.74, 6) is 2.04. The van der Waals surface area contributed by atoms with E-state index in [-0.39, 0.29) is 35.3 Å². The highest BCUT2D eigenvalue weighted by Gasteiger charge is 2.58. The predicted octanol–water partition coefficient (Wildman–Crippen LogP) is 10.4. The van der Waals surface area contributed by atoms with Crippen LogP contribution in [-0.2, 0) is 17.0 Å². The summed E-state index contributed by atoms with van der Waals surface area (Å²) < 4.78 is 108. The Bertz CT molecular complexity index is 1830. The van der Waals surface area contributed by atoms with Crippen LogP contribution in [0.4, 0.5) is 26.3 Å². The first-order chi connectivity index (χ1) is 23.7. The summed E-state index contributed by atoms with van der Waals surface area (Å²) in [5.41, 5.74) is -2.64. The number of hydrogen-bond acceptors (Lipinski definition) is 4. The fourth-order valence-electron chi connectivity index (χ4n) is 6.00. The van der Waals surface area contributed by atoms with Crippen LogP contribution < -0.4 is 18.9 Å². The van der Waals surface area contributed by atoms with Crippen molar-refractivity contribution in [2.75, 3.05) is 27.4 Å². The molecule has 0 aromatic heterocycles. The van der Waals surface area contributed by atoms with E-state index in [9.17, 15) is 13.2 Å². The standard InChI is InChI=1S/C40H36F6O4/c1-37(2,27-9-17-33(47-3)18-10-27)28-11-21-35(22-12-28)49-25-26-50-36-23-15-31(16-24-36)38(40(44,45)46,30-13-19-34(48-4)20-14-30)29-5-7-32(8-6-29)39(41,42)43/h5-24H,25-26H2,1-4H3. The highest BCUT2D eigenvalue weighted by atomic mass is 19.4. The Morgan fingerprint density at radius 3 is 0.980 bits per heavy atom. The maximum absolute atomic E-state index is 15.4. The molecule has 262 valence electrons. The molecule has 0 N–H and O–H groups in total. The Morgan fingerprint density at radius 1 is 0.400 bits per heavy atom. The summed E-state index contributed by atoms with van der Waals surface area (Å²) in [6.07, 6.45) is -9.66. The van der Waals surface area contributed by atoms with Crippen LogP contribution in [0.1, 0.15) is 47.2 Å². The molecule has 0 aliphatic heterocycles. The van der Waals surface area contributed by atoms with E-state index in [1.165, 1.54) is 55.6 Å². The van der Waals surface area contributed by atoms with Crippen molar-refractivity contribution in [3.05, 3.63) is 155 Å². The Morgan fingerprint density at radius 2 is 0.680 bits per heavy atom. The normalized spacial score (nSPS) is 13.3. The van der Waals surface area contributed by atoms with Crippen LogP contribution in [0.25, 0.3) is 0 Å². The summed E-state index contributed by atoms with van der Waals surface area (Å²) in [5, 5.41) is 0. The quantitative estimate of drug-likeness (QED) is 0.0740. The lowest BCUT2D eigenvalue weighted by Gasteiger charge is -2.38. The van der Waals surface area contributed by atoms with Gasteiger partial charge in [0.2, 0.25) is 0 Å². The van der Waals surface area contributed by atoms with Gasteiger partial charge in [-0.2, -0.15) is 26.3 Å². The lowest BCUT2D eigenvalue weighted by atomic mass is 9.68. The first-order valence-corrected chi connectivity index (χ1v) is 15.7. The topological polar surface area (TPSA) is 36.9 Å². The van der Waals surface area contributed by atoms with E-state index in [2.05, 4.69) is 13.8 Å². The Hall–Kier alpha value is -5.12. The maximum Gasteiger partial charge on any atom is 0.416 e. The van der Waals surface area contributed by atoms with Gasteiger partial charge in [0, 0.05) is 5.41 Å². The number of ether oxygens (including phenoxy) is 4. The molecule has 0 saturated heterocycles. The lowest BCUT2D eigenvalue weighted by Crippen LogP contribution is -2.44. The van der Waals surface area contributed by atoms with Crippen molar-refractivity contribution in [2.24, 2.45) is 0 Å². The van der Waals surface area contributed by atoms with Crippen LogP contribution in [0, 0.1) is 0 Å². The Balaban J connectivity index is 1.31. The number of alkyl halides is 6. The average Bonchev–Trinajstić information content (AvgIpc) is 3.11. The molecule has 0 heterocycles. The fraction of sp³-hybridized carbons (Fsp3) is 0.250. The van der Waals surface area contributed by atoms with Gasteiger partial charge in [0.05, 0.1) is 19.8 Å². The zero-order valence-electron chi connectivity index (χ0n) is 27.9. The number of rotatable bonds is 12. The smallest absolute Gasteiger partial charge is 0.416 e. The highest BCUT2D eigenvalue weighted by molar-refractivity contribution is 5.54. The van der Waals surface area contributed by atoms with E-state index in [1.54, 1.807) is 7.11 Å². The molecule has 5 aromatic carbocycles. The van der Waals surface area contributed by atoms with Gasteiger partial charge in [0.1, 0.15) is 41.6 Å². The van der Waals surface area contributed by atoms with Crippen molar-refractivity contribution in [1.29, 1.82) is 0 Å². The first-order valence-electron chi connectivity index (χ1n) is 15.7. The summed E-state index contributed by atoms with van der Waals surface area (Å²) in [4.78, 5) is 0. The SMILES string of the molecule is COc1ccc(C(C)(C)c2ccc(OCCOc3ccc(C(c4ccc(OC)cc4)(c4ccc(C(F)(F)F)cc4)C(F)(F)F)cc3)cc2)cc1. The van der Waals surface area contributed by atoms with Crippen LogP contribution in [-0.4, -0.2) is 33.6 Å². The summed E-state index contributed by atoms with van der Waals surface area (Å²) in [6.45, 7) is 4.54. The Labute approximate surface area is 287 Å². The highest BCUT2D eigenvalue weighted by Crippen LogP contribution is 2.52. The van der Waals surface area contributed by atoms with Crippen molar-refractivity contribution in [1.82, 2.24) is 0 Å². The number of halogens is 6. The van der Waals surface area contributed by atoms with Gasteiger partial charge in [-0.1, -0.05) is 74.5 Å². The molecule has 50 heavy (non-hydrogen) atoms. The minimum atomic E-state index is -4.95. The molecule has 1 unspecified atom stereocenters. The largest absolute Gasteiger partial charge is 0.497 e. The van der Waals surface area contributed by atoms with Crippen molar-refractivity contribution < 1.29 is 45.3 Å². The zero-order valence-corrected chi connectivity index (χ0v) is 27.9. The molecule has 10 heteroatoms. The van der Waals surface area contributed by atoms with Crippen molar-refractivity contribution in [3.63, 3.8) is 0 Å². The fourth-order valence-corrected chi connectivity index (χ4v) is 6.00. The number of methoxy groups -OCH3 is 2. The molecule has 0 radical (unpaired) electrons. The van der Waals surface area contributed by atoms with Crippen molar-refractivity contribution in [3.8, 4) is 23.0 Å². The molecule has 0 amide bonds. The molecule has 0 spiro atoms. The van der Waals surface area contributed by atoms with Crippen molar-refractivity contribution in [2.45, 2.75) is 37.0 Å². The van der Waals surface area contributed by atoms with E-state index in [0.717, 1.165) is 29.0 Å². The van der Waals surface area contributed by atoms with E-state index >= 15 is 13.2 Å². The minimum absolute atomic E-state index is 0.111. The van der Waals surface area contributed by atoms with E-state index in [4.69, 9.17) is 18.9 Å². The predicted molar refractivity (Wildman–Crippen MR) is 179 cm³/mol. The molecule has 0 aliphatic rings. The third kappa shape index (κ3) is 7.39. The second kappa shape index (κ2) is 14.4. The Kier molecular flexibility index (Phi) is 10.4. The molecule has 0 bridgehead atoms. The molecular weight excluding hydrogens is 658 g/mol. The molecule has 5 rings (SSSR count). The van der Waals surface area contributed by atoms with Gasteiger partial charge in [-0.3, -0.25) is 0 Å². The van der Waals surface area contributed by atoms with Crippen LogP contribution in [0.3, 0.4) is 0 Å². The van der Waals surface area contributed by atoms with Gasteiger partial charge >= 0.3 is 12.4 Å². The van der Waals surface area contributed by atoms with E-state index < -0.39 is 23.3 Å².